The molecule has 0 aliphatic carbocycles. The van der Waals surface area contributed by atoms with Crippen molar-refractivity contribution in [3.63, 3.8) is 0 Å². The number of aromatic nitrogens is 2. The van der Waals surface area contributed by atoms with E-state index in [0.717, 1.165) is 0 Å². The molecular formula is C13H8ClN3O4. The number of aromatic amines is 1. The number of ether oxygens (including phenoxy) is 2. The highest BCUT2D eigenvalue weighted by Gasteiger charge is 2.18. The van der Waals surface area contributed by atoms with Crippen LogP contribution < -0.4 is 15.0 Å². The smallest absolute Gasteiger partial charge is 0.259 e. The van der Waals surface area contributed by atoms with Crippen molar-refractivity contribution in [2.75, 3.05) is 12.7 Å². The van der Waals surface area contributed by atoms with Gasteiger partial charge >= 0.3 is 0 Å². The van der Waals surface area contributed by atoms with Crippen LogP contribution in [0.1, 0.15) is 5.82 Å². The summed E-state index contributed by atoms with van der Waals surface area (Å²) in [4.78, 5) is 18.7. The van der Waals surface area contributed by atoms with Gasteiger partial charge in [-0.25, -0.2) is 4.98 Å². The first kappa shape index (κ1) is 13.3. The Bertz CT molecular complexity index is 866. The second kappa shape index (κ2) is 5.00. The summed E-state index contributed by atoms with van der Waals surface area (Å²) in [5.41, 5.74) is -0.307. The Morgan fingerprint density at radius 3 is 2.86 bits per heavy atom. The number of aliphatic hydroxyl groups excluding tert-OH is 1. The van der Waals surface area contributed by atoms with Gasteiger partial charge in [-0.05, 0) is 6.07 Å². The van der Waals surface area contributed by atoms with E-state index in [1.807, 2.05) is 0 Å². The standard InChI is InChI=1S/C13H8ClN3O4/c14-3-9(18)7(4-15)12-16-8-2-11-10(20-5-21-11)1-6(8)13(19)17-12/h1-2,18H,3,5H2,(H,16,17,19). The average Bonchev–Trinajstić information content (AvgIpc) is 2.93. The third kappa shape index (κ3) is 2.15. The van der Waals surface area contributed by atoms with Crippen LogP contribution in [0.3, 0.4) is 0 Å². The lowest BCUT2D eigenvalue weighted by molar-refractivity contribution is 0.174. The fourth-order valence-electron chi connectivity index (χ4n) is 1.97. The lowest BCUT2D eigenvalue weighted by Gasteiger charge is -2.04. The molecule has 2 N–H and O–H groups in total. The lowest BCUT2D eigenvalue weighted by atomic mass is 10.2. The van der Waals surface area contributed by atoms with E-state index < -0.39 is 5.56 Å². The Labute approximate surface area is 123 Å². The maximum Gasteiger partial charge on any atom is 0.259 e. The number of H-pyrrole nitrogens is 1. The number of allylic oxidation sites excluding steroid dienone is 2. The van der Waals surface area contributed by atoms with Gasteiger partial charge in [0.15, 0.2) is 17.3 Å². The van der Waals surface area contributed by atoms with E-state index in [4.69, 9.17) is 26.3 Å². The number of alkyl halides is 1. The quantitative estimate of drug-likeness (QED) is 0.496. The number of hydrogen-bond acceptors (Lipinski definition) is 6. The Balaban J connectivity index is 2.27. The number of nitrogens with one attached hydrogen (secondary N) is 1. The summed E-state index contributed by atoms with van der Waals surface area (Å²) < 4.78 is 10.4. The van der Waals surface area contributed by atoms with Gasteiger partial charge in [-0.2, -0.15) is 5.26 Å². The van der Waals surface area contributed by atoms with Crippen LogP contribution >= 0.6 is 11.6 Å². The van der Waals surface area contributed by atoms with Crippen molar-refractivity contribution in [2.45, 2.75) is 0 Å². The number of nitrogens with zero attached hydrogens (tertiary/aromatic N) is 2. The molecule has 106 valence electrons. The molecule has 1 aromatic heterocycles. The Hall–Kier alpha value is -2.72. The topological polar surface area (TPSA) is 108 Å². The summed E-state index contributed by atoms with van der Waals surface area (Å²) in [6, 6.07) is 4.83. The van der Waals surface area contributed by atoms with Gasteiger partial charge in [0.05, 0.1) is 16.8 Å². The Morgan fingerprint density at radius 2 is 2.19 bits per heavy atom. The zero-order valence-electron chi connectivity index (χ0n) is 10.5. The van der Waals surface area contributed by atoms with Crippen molar-refractivity contribution in [1.82, 2.24) is 9.97 Å². The van der Waals surface area contributed by atoms with Crippen LogP contribution in [0.5, 0.6) is 11.5 Å². The molecule has 0 radical (unpaired) electrons. The van der Waals surface area contributed by atoms with Crippen LogP contribution in [0.2, 0.25) is 0 Å². The molecule has 0 spiro atoms. The van der Waals surface area contributed by atoms with Crippen molar-refractivity contribution in [2.24, 2.45) is 0 Å². The highest BCUT2D eigenvalue weighted by molar-refractivity contribution is 6.19. The van der Waals surface area contributed by atoms with E-state index in [1.54, 1.807) is 12.1 Å². The maximum absolute atomic E-state index is 12.1. The molecule has 2 aromatic rings. The second-order valence-corrected chi connectivity index (χ2v) is 4.47. The van der Waals surface area contributed by atoms with Gasteiger partial charge in [0.2, 0.25) is 6.79 Å². The van der Waals surface area contributed by atoms with Gasteiger partial charge < -0.3 is 19.6 Å². The fraction of sp³-hybridized carbons (Fsp3) is 0.154. The van der Waals surface area contributed by atoms with Crippen molar-refractivity contribution >= 4 is 28.1 Å². The van der Waals surface area contributed by atoms with Crippen LogP contribution in [0.15, 0.2) is 22.7 Å². The van der Waals surface area contributed by atoms with Crippen LogP contribution in [-0.2, 0) is 0 Å². The minimum Gasteiger partial charge on any atom is -0.510 e. The number of benzene rings is 1. The maximum atomic E-state index is 12.1. The minimum atomic E-state index is -0.455. The van der Waals surface area contributed by atoms with Crippen LogP contribution in [0.25, 0.3) is 16.5 Å². The summed E-state index contributed by atoms with van der Waals surface area (Å²) >= 11 is 5.49. The SMILES string of the molecule is N#CC(=C(O)CCl)c1nc2cc3c(cc2c(=O)[nH]1)OCO3. The summed E-state index contributed by atoms with van der Waals surface area (Å²) in [6.45, 7) is 0.0762. The van der Waals surface area contributed by atoms with Crippen molar-refractivity contribution < 1.29 is 14.6 Å². The molecule has 0 unspecified atom stereocenters. The third-order valence-corrected chi connectivity index (χ3v) is 3.22. The van der Waals surface area contributed by atoms with Gasteiger partial charge in [0.25, 0.3) is 5.56 Å². The molecule has 21 heavy (non-hydrogen) atoms. The summed E-state index contributed by atoms with van der Waals surface area (Å²) in [7, 11) is 0. The van der Waals surface area contributed by atoms with Crippen molar-refractivity contribution in [3.8, 4) is 17.6 Å². The number of fused-ring (bicyclic) bond motifs is 2. The zero-order chi connectivity index (χ0) is 15.0. The first-order valence-electron chi connectivity index (χ1n) is 5.86. The molecule has 0 saturated carbocycles. The third-order valence-electron chi connectivity index (χ3n) is 2.96. The van der Waals surface area contributed by atoms with Crippen LogP contribution in [-0.4, -0.2) is 27.7 Å². The fourth-order valence-corrected chi connectivity index (χ4v) is 2.10. The summed E-state index contributed by atoms with van der Waals surface area (Å²) in [5, 5.41) is 19.0. The number of rotatable bonds is 2. The molecule has 1 aromatic carbocycles. The number of hydrogen-bond donors (Lipinski definition) is 2. The van der Waals surface area contributed by atoms with E-state index in [1.165, 1.54) is 6.07 Å². The molecule has 0 atom stereocenters. The highest BCUT2D eigenvalue weighted by atomic mass is 35.5. The first-order chi connectivity index (χ1) is 10.1. The number of aliphatic hydroxyl groups is 1. The first-order valence-corrected chi connectivity index (χ1v) is 6.39. The van der Waals surface area contributed by atoms with E-state index in [2.05, 4.69) is 9.97 Å². The lowest BCUT2D eigenvalue weighted by Crippen LogP contribution is -2.12. The van der Waals surface area contributed by atoms with Gasteiger partial charge in [-0.1, -0.05) is 0 Å². The molecule has 7 nitrogen and oxygen atoms in total. The average molecular weight is 306 g/mol. The van der Waals surface area contributed by atoms with Gasteiger partial charge in [0, 0.05) is 6.07 Å². The number of halogens is 1. The molecule has 0 bridgehead atoms. The molecule has 2 heterocycles. The molecule has 1 aliphatic heterocycles. The predicted molar refractivity (Wildman–Crippen MR) is 74.4 cm³/mol. The van der Waals surface area contributed by atoms with Crippen LogP contribution in [0.4, 0.5) is 0 Å². The van der Waals surface area contributed by atoms with E-state index in [0.29, 0.717) is 22.4 Å². The highest BCUT2D eigenvalue weighted by Crippen LogP contribution is 2.34. The summed E-state index contributed by atoms with van der Waals surface area (Å²) in [6.07, 6.45) is 0. The molecule has 0 amide bonds. The monoisotopic (exact) mass is 305 g/mol. The predicted octanol–water partition coefficient (Wildman–Crippen LogP) is 1.68. The number of nitriles is 1. The second-order valence-electron chi connectivity index (χ2n) is 4.20. The van der Waals surface area contributed by atoms with Crippen LogP contribution in [0, 0.1) is 11.3 Å². The minimum absolute atomic E-state index is 0.0491. The van der Waals surface area contributed by atoms with E-state index in [-0.39, 0.29) is 29.8 Å². The van der Waals surface area contributed by atoms with Gasteiger partial charge in [0.1, 0.15) is 17.4 Å². The van der Waals surface area contributed by atoms with Crippen molar-refractivity contribution in [1.29, 1.82) is 5.26 Å². The molecule has 1 aliphatic rings. The molecule has 0 fully saturated rings. The van der Waals surface area contributed by atoms with E-state index in [9.17, 15) is 9.90 Å². The molecular weight excluding hydrogens is 298 g/mol. The van der Waals surface area contributed by atoms with Crippen molar-refractivity contribution in [3.05, 3.63) is 34.1 Å². The Morgan fingerprint density at radius 1 is 1.48 bits per heavy atom. The summed E-state index contributed by atoms with van der Waals surface area (Å²) in [5.74, 6) is 0.262. The Kier molecular flexibility index (Phi) is 3.16. The normalized spacial score (nSPS) is 13.9. The molecule has 0 saturated heterocycles. The zero-order valence-corrected chi connectivity index (χ0v) is 11.3. The van der Waals surface area contributed by atoms with Gasteiger partial charge in [-0.3, -0.25) is 4.79 Å². The molecule has 3 rings (SSSR count). The van der Waals surface area contributed by atoms with Gasteiger partial charge in [-0.15, -0.1) is 11.6 Å². The van der Waals surface area contributed by atoms with E-state index >= 15 is 0 Å². The molecule has 8 heteroatoms. The largest absolute Gasteiger partial charge is 0.510 e.